The van der Waals surface area contributed by atoms with E-state index in [1.165, 1.54) is 25.8 Å². The third-order valence-electron chi connectivity index (χ3n) is 3.36. The molecule has 0 aromatic heterocycles. The molecule has 1 aliphatic carbocycles. The molecular weight excluding hydrogens is 335 g/mol. The summed E-state index contributed by atoms with van der Waals surface area (Å²) in [5.41, 5.74) is 5.23. The van der Waals surface area contributed by atoms with Crippen molar-refractivity contribution in [2.24, 2.45) is 0 Å². The average molecular weight is 348 g/mol. The van der Waals surface area contributed by atoms with E-state index >= 15 is 0 Å². The molecule has 18 heavy (non-hydrogen) atoms. The number of aryl methyl sites for hydroxylation is 1. The summed E-state index contributed by atoms with van der Waals surface area (Å²) in [5.74, 6) is 0.362. The fourth-order valence-corrected chi connectivity index (χ4v) is 3.55. The summed E-state index contributed by atoms with van der Waals surface area (Å²) >= 11 is 2.42. The van der Waals surface area contributed by atoms with Crippen LogP contribution in [0.4, 0.5) is 0 Å². The van der Waals surface area contributed by atoms with Gasteiger partial charge < -0.3 is 5.11 Å². The zero-order valence-electron chi connectivity index (χ0n) is 9.86. The highest BCUT2D eigenvalue weighted by molar-refractivity contribution is 14.1. The first-order valence-electron chi connectivity index (χ1n) is 6.02. The van der Waals surface area contributed by atoms with Crippen LogP contribution in [0.1, 0.15) is 23.1 Å². The van der Waals surface area contributed by atoms with Gasteiger partial charge in [-0.1, -0.05) is 30.3 Å². The first kappa shape index (κ1) is 11.8. The van der Waals surface area contributed by atoms with E-state index in [2.05, 4.69) is 46.9 Å². The van der Waals surface area contributed by atoms with Crippen molar-refractivity contribution in [2.45, 2.75) is 12.8 Å². The van der Waals surface area contributed by atoms with Gasteiger partial charge in [-0.05, 0) is 75.9 Å². The monoisotopic (exact) mass is 348 g/mol. The van der Waals surface area contributed by atoms with Gasteiger partial charge in [0, 0.05) is 3.58 Å². The zero-order valence-corrected chi connectivity index (χ0v) is 12.0. The summed E-state index contributed by atoms with van der Waals surface area (Å²) in [6.07, 6.45) is 2.04. The van der Waals surface area contributed by atoms with Crippen molar-refractivity contribution in [3.63, 3.8) is 0 Å². The molecule has 0 fully saturated rings. The molecule has 3 rings (SSSR count). The van der Waals surface area contributed by atoms with Crippen LogP contribution in [0.15, 0.2) is 48.5 Å². The molecular formula is C16H13IO. The largest absolute Gasteiger partial charge is 0.508 e. The summed E-state index contributed by atoms with van der Waals surface area (Å²) in [7, 11) is 0. The first-order chi connectivity index (χ1) is 8.75. The van der Waals surface area contributed by atoms with Gasteiger partial charge in [-0.25, -0.2) is 0 Å². The fourth-order valence-electron chi connectivity index (χ4n) is 2.44. The van der Waals surface area contributed by atoms with Crippen LogP contribution in [0.25, 0.3) is 9.15 Å². The molecule has 0 spiro atoms. The minimum Gasteiger partial charge on any atom is -0.508 e. The summed E-state index contributed by atoms with van der Waals surface area (Å²) in [5, 5.41) is 9.54. The van der Waals surface area contributed by atoms with Crippen LogP contribution in [-0.2, 0) is 6.42 Å². The molecule has 2 heteroatoms. The Morgan fingerprint density at radius 2 is 1.72 bits per heavy atom. The lowest BCUT2D eigenvalue weighted by Crippen LogP contribution is -2.01. The molecule has 1 aliphatic rings. The predicted molar refractivity (Wildman–Crippen MR) is 83.7 cm³/mol. The predicted octanol–water partition coefficient (Wildman–Crippen LogP) is 4.64. The molecule has 0 heterocycles. The highest BCUT2D eigenvalue weighted by atomic mass is 127. The van der Waals surface area contributed by atoms with E-state index in [9.17, 15) is 5.11 Å². The fraction of sp³-hybridized carbons (Fsp3) is 0.125. The molecule has 0 amide bonds. The lowest BCUT2D eigenvalue weighted by molar-refractivity contribution is 0.474. The van der Waals surface area contributed by atoms with Crippen molar-refractivity contribution in [2.75, 3.05) is 0 Å². The van der Waals surface area contributed by atoms with Gasteiger partial charge in [-0.3, -0.25) is 0 Å². The van der Waals surface area contributed by atoms with Crippen LogP contribution >= 0.6 is 22.6 Å². The molecule has 0 aliphatic heterocycles. The summed E-state index contributed by atoms with van der Waals surface area (Å²) in [6.45, 7) is 0. The lowest BCUT2D eigenvalue weighted by Gasteiger charge is -2.20. The van der Waals surface area contributed by atoms with Crippen LogP contribution < -0.4 is 0 Å². The Morgan fingerprint density at radius 1 is 0.944 bits per heavy atom. The Labute approximate surface area is 120 Å². The maximum Gasteiger partial charge on any atom is 0.115 e. The molecule has 0 saturated heterocycles. The molecule has 90 valence electrons. The van der Waals surface area contributed by atoms with E-state index in [-0.39, 0.29) is 0 Å². The molecule has 0 radical (unpaired) electrons. The number of halogens is 1. The highest BCUT2D eigenvalue weighted by Crippen LogP contribution is 2.41. The summed E-state index contributed by atoms with van der Waals surface area (Å²) in [4.78, 5) is 0. The van der Waals surface area contributed by atoms with Crippen molar-refractivity contribution in [3.8, 4) is 5.75 Å². The lowest BCUT2D eigenvalue weighted by atomic mass is 9.88. The quantitative estimate of drug-likeness (QED) is 0.745. The molecule has 0 unspecified atom stereocenters. The van der Waals surface area contributed by atoms with Crippen LogP contribution in [-0.4, -0.2) is 5.11 Å². The van der Waals surface area contributed by atoms with Gasteiger partial charge in [0.05, 0.1) is 0 Å². The number of aromatic hydroxyl groups is 1. The third-order valence-corrected chi connectivity index (χ3v) is 4.59. The standard InChI is InChI=1S/C16H13IO/c17-16-14(11-4-2-1-3-5-11)8-6-12-10-13(18)7-9-15(12)16/h1-5,7,9-10,18H,6,8H2. The number of phenols is 1. The van der Waals surface area contributed by atoms with Gasteiger partial charge in [0.15, 0.2) is 0 Å². The summed E-state index contributed by atoms with van der Waals surface area (Å²) in [6, 6.07) is 16.2. The maximum atomic E-state index is 9.54. The molecule has 0 bridgehead atoms. The van der Waals surface area contributed by atoms with Gasteiger partial charge in [-0.2, -0.15) is 0 Å². The first-order valence-corrected chi connectivity index (χ1v) is 7.10. The van der Waals surface area contributed by atoms with Crippen LogP contribution in [0.3, 0.4) is 0 Å². The zero-order chi connectivity index (χ0) is 12.5. The maximum absolute atomic E-state index is 9.54. The Bertz CT molecular complexity index is 614. The van der Waals surface area contributed by atoms with Crippen molar-refractivity contribution in [1.82, 2.24) is 0 Å². The van der Waals surface area contributed by atoms with Crippen LogP contribution in [0.2, 0.25) is 0 Å². The molecule has 2 aromatic carbocycles. The molecule has 1 N–H and O–H groups in total. The van der Waals surface area contributed by atoms with Crippen molar-refractivity contribution < 1.29 is 5.11 Å². The van der Waals surface area contributed by atoms with E-state index < -0.39 is 0 Å². The number of rotatable bonds is 1. The number of benzene rings is 2. The van der Waals surface area contributed by atoms with Gasteiger partial charge in [0.25, 0.3) is 0 Å². The van der Waals surface area contributed by atoms with Crippen LogP contribution in [0, 0.1) is 0 Å². The topological polar surface area (TPSA) is 20.2 Å². The van der Waals surface area contributed by atoms with Gasteiger partial charge >= 0.3 is 0 Å². The Morgan fingerprint density at radius 3 is 2.50 bits per heavy atom. The van der Waals surface area contributed by atoms with E-state index in [4.69, 9.17) is 0 Å². The van der Waals surface area contributed by atoms with E-state index in [1.807, 2.05) is 18.2 Å². The Balaban J connectivity index is 2.13. The molecule has 2 aromatic rings. The number of phenolic OH excluding ortho intramolecular Hbond substituents is 1. The SMILES string of the molecule is Oc1ccc2c(c1)CCC(c1ccccc1)=C2I. The van der Waals surface area contributed by atoms with Gasteiger partial charge in [0.1, 0.15) is 5.75 Å². The van der Waals surface area contributed by atoms with Gasteiger partial charge in [0.2, 0.25) is 0 Å². The van der Waals surface area contributed by atoms with Crippen LogP contribution in [0.5, 0.6) is 5.75 Å². The minimum atomic E-state index is 0.362. The van der Waals surface area contributed by atoms with Crippen molar-refractivity contribution >= 4 is 31.7 Å². The van der Waals surface area contributed by atoms with E-state index in [0.29, 0.717) is 5.75 Å². The smallest absolute Gasteiger partial charge is 0.115 e. The number of hydrogen-bond donors (Lipinski definition) is 1. The normalized spacial score (nSPS) is 14.5. The Hall–Kier alpha value is -1.29. The molecule has 0 saturated carbocycles. The molecule has 0 atom stereocenters. The van der Waals surface area contributed by atoms with E-state index in [1.54, 1.807) is 6.07 Å². The second-order valence-corrected chi connectivity index (χ2v) is 5.58. The Kier molecular flexibility index (Phi) is 3.12. The second-order valence-electron chi connectivity index (χ2n) is 4.50. The van der Waals surface area contributed by atoms with Gasteiger partial charge in [-0.15, -0.1) is 0 Å². The highest BCUT2D eigenvalue weighted by Gasteiger charge is 2.18. The van der Waals surface area contributed by atoms with Crippen molar-refractivity contribution in [3.05, 3.63) is 65.2 Å². The number of hydrogen-bond acceptors (Lipinski definition) is 1. The number of fused-ring (bicyclic) bond motifs is 1. The third kappa shape index (κ3) is 2.05. The second kappa shape index (κ2) is 4.76. The average Bonchev–Trinajstić information content (AvgIpc) is 2.40. The van der Waals surface area contributed by atoms with E-state index in [0.717, 1.165) is 12.8 Å². The van der Waals surface area contributed by atoms with Crippen molar-refractivity contribution in [1.29, 1.82) is 0 Å². The molecule has 1 nitrogen and oxygen atoms in total. The minimum absolute atomic E-state index is 0.362. The summed E-state index contributed by atoms with van der Waals surface area (Å²) < 4.78 is 1.31. The number of allylic oxidation sites excluding steroid dienone is 1.